The largest absolute Gasteiger partial charge is 0.481 e. The third kappa shape index (κ3) is 5.09. The van der Waals surface area contributed by atoms with Crippen LogP contribution in [0.5, 0.6) is 0 Å². The van der Waals surface area contributed by atoms with Crippen LogP contribution in [-0.4, -0.2) is 66.5 Å². The number of carbonyl (C=O) groups is 2. The molecule has 0 aromatic carbocycles. The summed E-state index contributed by atoms with van der Waals surface area (Å²) in [5.41, 5.74) is 0. The van der Waals surface area contributed by atoms with E-state index >= 15 is 0 Å². The Kier molecular flexibility index (Phi) is 6.41. The van der Waals surface area contributed by atoms with Crippen molar-refractivity contribution in [2.45, 2.75) is 32.6 Å². The summed E-state index contributed by atoms with van der Waals surface area (Å²) in [4.78, 5) is 23.8. The SMILES string of the molecule is CCCS(=O)(=O)N1CCN(C(=O)CCCC(=O)O)CC1. The summed E-state index contributed by atoms with van der Waals surface area (Å²) in [5, 5.41) is 8.51. The Morgan fingerprint density at radius 1 is 1.10 bits per heavy atom. The smallest absolute Gasteiger partial charge is 0.303 e. The van der Waals surface area contributed by atoms with Crippen LogP contribution in [0.4, 0.5) is 0 Å². The van der Waals surface area contributed by atoms with Crippen LogP contribution in [0.25, 0.3) is 0 Å². The number of aliphatic carboxylic acids is 1. The van der Waals surface area contributed by atoms with Gasteiger partial charge in [0.1, 0.15) is 0 Å². The quantitative estimate of drug-likeness (QED) is 0.721. The number of hydrogen-bond donors (Lipinski definition) is 1. The lowest BCUT2D eigenvalue weighted by molar-refractivity contribution is -0.137. The Morgan fingerprint density at radius 3 is 2.20 bits per heavy atom. The van der Waals surface area contributed by atoms with E-state index < -0.39 is 16.0 Å². The Morgan fingerprint density at radius 2 is 1.70 bits per heavy atom. The van der Waals surface area contributed by atoms with E-state index in [1.165, 1.54) is 4.31 Å². The van der Waals surface area contributed by atoms with Gasteiger partial charge in [-0.2, -0.15) is 4.31 Å². The minimum absolute atomic E-state index is 0.0173. The summed E-state index contributed by atoms with van der Waals surface area (Å²) in [6.45, 7) is 3.24. The minimum Gasteiger partial charge on any atom is -0.481 e. The molecular weight excluding hydrogens is 284 g/mol. The van der Waals surface area contributed by atoms with Crippen LogP contribution < -0.4 is 0 Å². The number of carbonyl (C=O) groups excluding carboxylic acids is 1. The summed E-state index contributed by atoms with van der Waals surface area (Å²) >= 11 is 0. The van der Waals surface area contributed by atoms with Crippen molar-refractivity contribution in [3.8, 4) is 0 Å². The number of carboxylic acid groups (broad SMARTS) is 1. The molecule has 1 N–H and O–H groups in total. The van der Waals surface area contributed by atoms with Crippen molar-refractivity contribution in [1.82, 2.24) is 9.21 Å². The van der Waals surface area contributed by atoms with Gasteiger partial charge in [-0.25, -0.2) is 8.42 Å². The van der Waals surface area contributed by atoms with Gasteiger partial charge < -0.3 is 10.0 Å². The maximum absolute atomic E-state index is 11.9. The molecule has 1 aliphatic heterocycles. The van der Waals surface area contributed by atoms with E-state index in [4.69, 9.17) is 5.11 Å². The average Bonchev–Trinajstić information content (AvgIpc) is 2.38. The number of nitrogens with zero attached hydrogens (tertiary/aromatic N) is 2. The number of amides is 1. The van der Waals surface area contributed by atoms with Crippen LogP contribution in [-0.2, 0) is 19.6 Å². The van der Waals surface area contributed by atoms with Crippen LogP contribution in [0.15, 0.2) is 0 Å². The molecule has 7 nitrogen and oxygen atoms in total. The van der Waals surface area contributed by atoms with Crippen molar-refractivity contribution in [3.63, 3.8) is 0 Å². The molecule has 116 valence electrons. The molecule has 0 radical (unpaired) electrons. The predicted molar refractivity (Wildman–Crippen MR) is 73.7 cm³/mol. The van der Waals surface area contributed by atoms with E-state index in [-0.39, 0.29) is 24.5 Å². The molecule has 1 aliphatic rings. The van der Waals surface area contributed by atoms with Gasteiger partial charge in [0.25, 0.3) is 0 Å². The summed E-state index contributed by atoms with van der Waals surface area (Å²) in [5.74, 6) is -0.869. The summed E-state index contributed by atoms with van der Waals surface area (Å²) in [6, 6.07) is 0. The predicted octanol–water partition coefficient (Wildman–Crippen LogP) is 0.125. The molecule has 1 amide bonds. The second kappa shape index (κ2) is 7.58. The van der Waals surface area contributed by atoms with Gasteiger partial charge in [0.15, 0.2) is 0 Å². The van der Waals surface area contributed by atoms with Crippen LogP contribution in [0.2, 0.25) is 0 Å². The van der Waals surface area contributed by atoms with Crippen molar-refractivity contribution in [1.29, 1.82) is 0 Å². The Bertz CT molecular complexity index is 441. The first-order chi connectivity index (χ1) is 9.36. The molecule has 1 fully saturated rings. The Labute approximate surface area is 119 Å². The van der Waals surface area contributed by atoms with Crippen LogP contribution in [0.3, 0.4) is 0 Å². The molecule has 0 aromatic heterocycles. The molecule has 0 aliphatic carbocycles. The first-order valence-electron chi connectivity index (χ1n) is 6.84. The molecule has 1 saturated heterocycles. The van der Waals surface area contributed by atoms with E-state index in [2.05, 4.69) is 0 Å². The van der Waals surface area contributed by atoms with E-state index in [0.29, 0.717) is 39.0 Å². The number of carboxylic acids is 1. The summed E-state index contributed by atoms with van der Waals surface area (Å²) in [6.07, 6.45) is 1.09. The van der Waals surface area contributed by atoms with Crippen molar-refractivity contribution in [2.75, 3.05) is 31.9 Å². The number of hydrogen-bond acceptors (Lipinski definition) is 4. The monoisotopic (exact) mass is 306 g/mol. The Balaban J connectivity index is 2.38. The molecule has 8 heteroatoms. The summed E-state index contributed by atoms with van der Waals surface area (Å²) < 4.78 is 25.2. The van der Waals surface area contributed by atoms with Crippen molar-refractivity contribution < 1.29 is 23.1 Å². The van der Waals surface area contributed by atoms with Crippen molar-refractivity contribution in [3.05, 3.63) is 0 Å². The standard InChI is InChI=1S/C12H22N2O5S/c1-2-10-20(18,19)14-8-6-13(7-9-14)11(15)4-3-5-12(16)17/h2-10H2,1H3,(H,16,17). The first kappa shape index (κ1) is 16.9. The fourth-order valence-electron chi connectivity index (χ4n) is 2.15. The van der Waals surface area contributed by atoms with Crippen molar-refractivity contribution in [2.24, 2.45) is 0 Å². The zero-order valence-corrected chi connectivity index (χ0v) is 12.6. The zero-order chi connectivity index (χ0) is 15.2. The third-order valence-corrected chi connectivity index (χ3v) is 5.30. The van der Waals surface area contributed by atoms with E-state index in [1.54, 1.807) is 4.90 Å². The molecule has 0 spiro atoms. The van der Waals surface area contributed by atoms with Gasteiger partial charge in [-0.1, -0.05) is 6.92 Å². The molecule has 0 aromatic rings. The average molecular weight is 306 g/mol. The Hall–Kier alpha value is -1.15. The van der Waals surface area contributed by atoms with Gasteiger partial charge in [0.2, 0.25) is 15.9 Å². The lowest BCUT2D eigenvalue weighted by Gasteiger charge is -2.34. The fourth-order valence-corrected chi connectivity index (χ4v) is 3.65. The molecule has 0 saturated carbocycles. The number of sulfonamides is 1. The highest BCUT2D eigenvalue weighted by Crippen LogP contribution is 2.11. The van der Waals surface area contributed by atoms with Gasteiger partial charge in [0, 0.05) is 39.0 Å². The zero-order valence-electron chi connectivity index (χ0n) is 11.7. The lowest BCUT2D eigenvalue weighted by atomic mass is 10.2. The molecule has 0 atom stereocenters. The number of rotatable bonds is 7. The molecule has 0 bridgehead atoms. The maximum Gasteiger partial charge on any atom is 0.303 e. The highest BCUT2D eigenvalue weighted by molar-refractivity contribution is 7.89. The molecule has 1 heterocycles. The van der Waals surface area contributed by atoms with Crippen LogP contribution in [0, 0.1) is 0 Å². The van der Waals surface area contributed by atoms with Gasteiger partial charge >= 0.3 is 5.97 Å². The highest BCUT2D eigenvalue weighted by Gasteiger charge is 2.27. The minimum atomic E-state index is -3.19. The lowest BCUT2D eigenvalue weighted by Crippen LogP contribution is -2.51. The molecule has 1 rings (SSSR count). The van der Waals surface area contributed by atoms with Gasteiger partial charge in [-0.15, -0.1) is 0 Å². The van der Waals surface area contributed by atoms with Crippen LogP contribution in [0.1, 0.15) is 32.6 Å². The molecular formula is C12H22N2O5S. The topological polar surface area (TPSA) is 95.0 Å². The van der Waals surface area contributed by atoms with E-state index in [9.17, 15) is 18.0 Å². The highest BCUT2D eigenvalue weighted by atomic mass is 32.2. The molecule has 20 heavy (non-hydrogen) atoms. The number of piperazine rings is 1. The van der Waals surface area contributed by atoms with Gasteiger partial charge in [-0.3, -0.25) is 9.59 Å². The normalized spacial score (nSPS) is 17.1. The first-order valence-corrected chi connectivity index (χ1v) is 8.45. The van der Waals surface area contributed by atoms with E-state index in [1.807, 2.05) is 6.92 Å². The van der Waals surface area contributed by atoms with Crippen LogP contribution >= 0.6 is 0 Å². The second-order valence-corrected chi connectivity index (χ2v) is 6.93. The summed E-state index contributed by atoms with van der Waals surface area (Å²) in [7, 11) is -3.19. The van der Waals surface area contributed by atoms with Crippen molar-refractivity contribution >= 4 is 21.9 Å². The molecule has 0 unspecified atom stereocenters. The van der Waals surface area contributed by atoms with Gasteiger partial charge in [-0.05, 0) is 12.8 Å². The van der Waals surface area contributed by atoms with E-state index in [0.717, 1.165) is 0 Å². The maximum atomic E-state index is 11.9. The fraction of sp³-hybridized carbons (Fsp3) is 0.833. The third-order valence-electron chi connectivity index (χ3n) is 3.23. The van der Waals surface area contributed by atoms with Gasteiger partial charge in [0.05, 0.1) is 5.75 Å². The second-order valence-electron chi connectivity index (χ2n) is 4.84.